The molecule has 88 valence electrons. The smallest absolute Gasteiger partial charge is 0.104 e. The van der Waals surface area contributed by atoms with Gasteiger partial charge in [-0.05, 0) is 18.6 Å². The molecule has 1 N–H and O–H groups in total. The molecular formula is C13H18O2S. The Hall–Kier alpha value is -0.820. The van der Waals surface area contributed by atoms with Crippen molar-refractivity contribution in [2.24, 2.45) is 0 Å². The molecule has 0 aromatic carbocycles. The number of thiophene rings is 1. The topological polar surface area (TPSA) is 29.5 Å². The van der Waals surface area contributed by atoms with E-state index >= 15 is 0 Å². The molecule has 1 aromatic rings. The Morgan fingerprint density at radius 1 is 1.38 bits per heavy atom. The van der Waals surface area contributed by atoms with Gasteiger partial charge < -0.3 is 9.84 Å². The van der Waals surface area contributed by atoms with Crippen LogP contribution in [0.1, 0.15) is 35.9 Å². The molecule has 0 bridgehead atoms. The molecule has 0 saturated carbocycles. The predicted molar refractivity (Wildman–Crippen MR) is 67.5 cm³/mol. The molecule has 1 aromatic heterocycles. The van der Waals surface area contributed by atoms with Gasteiger partial charge in [0.15, 0.2) is 0 Å². The fraction of sp³-hybridized carbons (Fsp3) is 0.538. The van der Waals surface area contributed by atoms with Gasteiger partial charge in [0.25, 0.3) is 0 Å². The monoisotopic (exact) mass is 238 g/mol. The van der Waals surface area contributed by atoms with Crippen molar-refractivity contribution in [1.29, 1.82) is 0 Å². The van der Waals surface area contributed by atoms with Crippen LogP contribution in [0.4, 0.5) is 0 Å². The van der Waals surface area contributed by atoms with Crippen molar-refractivity contribution in [1.82, 2.24) is 0 Å². The van der Waals surface area contributed by atoms with Crippen LogP contribution in [0.3, 0.4) is 0 Å². The Morgan fingerprint density at radius 2 is 2.25 bits per heavy atom. The Labute approximate surface area is 101 Å². The lowest BCUT2D eigenvalue weighted by Crippen LogP contribution is -1.93. The first-order chi connectivity index (χ1) is 7.86. The summed E-state index contributed by atoms with van der Waals surface area (Å²) in [7, 11) is 0. The third kappa shape index (κ3) is 5.32. The molecule has 3 heteroatoms. The van der Waals surface area contributed by atoms with E-state index in [0.29, 0.717) is 6.61 Å². The van der Waals surface area contributed by atoms with E-state index in [-0.39, 0.29) is 6.61 Å². The minimum absolute atomic E-state index is 0.0826. The molecule has 0 radical (unpaired) electrons. The number of hydrogen-bond acceptors (Lipinski definition) is 3. The zero-order chi connectivity index (χ0) is 11.6. The van der Waals surface area contributed by atoms with Crippen molar-refractivity contribution in [3.8, 4) is 11.8 Å². The number of ether oxygens (including phenoxy) is 1. The first-order valence-corrected chi connectivity index (χ1v) is 6.44. The van der Waals surface area contributed by atoms with Crippen LogP contribution in [-0.4, -0.2) is 18.3 Å². The molecule has 0 saturated heterocycles. The molecule has 0 aliphatic rings. The van der Waals surface area contributed by atoms with E-state index in [0.717, 1.165) is 17.9 Å². The third-order valence-corrected chi connectivity index (χ3v) is 3.06. The highest BCUT2D eigenvalue weighted by Crippen LogP contribution is 2.16. The molecule has 0 amide bonds. The molecule has 16 heavy (non-hydrogen) atoms. The summed E-state index contributed by atoms with van der Waals surface area (Å²) < 4.78 is 5.55. The fourth-order valence-corrected chi connectivity index (χ4v) is 2.10. The minimum atomic E-state index is -0.0826. The molecule has 1 heterocycles. The molecule has 0 unspecified atom stereocenters. The average molecular weight is 238 g/mol. The summed E-state index contributed by atoms with van der Waals surface area (Å²) in [6.07, 6.45) is 3.60. The number of unbranched alkanes of at least 4 members (excludes halogenated alkanes) is 2. The van der Waals surface area contributed by atoms with Gasteiger partial charge in [-0.3, -0.25) is 0 Å². The van der Waals surface area contributed by atoms with Crippen molar-refractivity contribution >= 4 is 11.3 Å². The van der Waals surface area contributed by atoms with E-state index in [9.17, 15) is 0 Å². The van der Waals surface area contributed by atoms with Gasteiger partial charge in [0.05, 0.1) is 11.5 Å². The number of aliphatic hydroxyl groups excluding tert-OH is 1. The largest absolute Gasteiger partial charge is 0.384 e. The van der Waals surface area contributed by atoms with Crippen molar-refractivity contribution in [2.75, 3.05) is 13.2 Å². The first kappa shape index (κ1) is 13.2. The Balaban J connectivity index is 2.24. The van der Waals surface area contributed by atoms with Crippen LogP contribution in [0.15, 0.2) is 12.1 Å². The van der Waals surface area contributed by atoms with Crippen LogP contribution in [0.5, 0.6) is 0 Å². The maximum Gasteiger partial charge on any atom is 0.104 e. The van der Waals surface area contributed by atoms with Crippen molar-refractivity contribution in [3.05, 3.63) is 21.9 Å². The van der Waals surface area contributed by atoms with Crippen molar-refractivity contribution < 1.29 is 9.84 Å². The molecule has 0 atom stereocenters. The lowest BCUT2D eigenvalue weighted by Gasteiger charge is -2.00. The summed E-state index contributed by atoms with van der Waals surface area (Å²) in [6, 6.07) is 4.00. The van der Waals surface area contributed by atoms with Gasteiger partial charge >= 0.3 is 0 Å². The highest BCUT2D eigenvalue weighted by molar-refractivity contribution is 7.12. The van der Waals surface area contributed by atoms with Gasteiger partial charge in [-0.2, -0.15) is 0 Å². The molecule has 2 nitrogen and oxygen atoms in total. The number of rotatable bonds is 6. The zero-order valence-electron chi connectivity index (χ0n) is 9.66. The van der Waals surface area contributed by atoms with Gasteiger partial charge in [0, 0.05) is 11.5 Å². The third-order valence-electron chi connectivity index (χ3n) is 2.09. The maximum atomic E-state index is 8.56. The highest BCUT2D eigenvalue weighted by atomic mass is 32.1. The Kier molecular flexibility index (Phi) is 6.91. The standard InChI is InChI=1S/C13H18O2S/c1-2-3-4-10-15-11-13-8-7-12(16-13)6-5-9-14/h7-8,14H,2-4,9-11H2,1H3. The van der Waals surface area contributed by atoms with Crippen LogP contribution >= 0.6 is 11.3 Å². The van der Waals surface area contributed by atoms with E-state index < -0.39 is 0 Å². The lowest BCUT2D eigenvalue weighted by atomic mass is 10.3. The SMILES string of the molecule is CCCCCOCc1ccc(C#CCO)s1. The van der Waals surface area contributed by atoms with Gasteiger partial charge in [0.2, 0.25) is 0 Å². The molecule has 0 spiro atoms. The van der Waals surface area contributed by atoms with E-state index in [2.05, 4.69) is 18.8 Å². The van der Waals surface area contributed by atoms with Crippen LogP contribution in [0.2, 0.25) is 0 Å². The highest BCUT2D eigenvalue weighted by Gasteiger charge is 1.97. The van der Waals surface area contributed by atoms with Gasteiger partial charge in [-0.25, -0.2) is 0 Å². The van der Waals surface area contributed by atoms with Crippen LogP contribution in [0, 0.1) is 11.8 Å². The molecule has 1 rings (SSSR count). The predicted octanol–water partition coefficient (Wildman–Crippen LogP) is 2.80. The van der Waals surface area contributed by atoms with Crippen LogP contribution in [0.25, 0.3) is 0 Å². The quantitative estimate of drug-likeness (QED) is 0.610. The summed E-state index contributed by atoms with van der Waals surface area (Å²) in [6.45, 7) is 3.62. The summed E-state index contributed by atoms with van der Waals surface area (Å²) in [5.74, 6) is 5.53. The molecule has 0 fully saturated rings. The minimum Gasteiger partial charge on any atom is -0.384 e. The molecule has 0 aliphatic heterocycles. The summed E-state index contributed by atoms with van der Waals surface area (Å²) in [5, 5.41) is 8.56. The average Bonchev–Trinajstić information content (AvgIpc) is 2.74. The van der Waals surface area contributed by atoms with Crippen molar-refractivity contribution in [3.63, 3.8) is 0 Å². The fourth-order valence-electron chi connectivity index (χ4n) is 1.28. The Morgan fingerprint density at radius 3 is 3.00 bits per heavy atom. The van der Waals surface area contributed by atoms with Crippen LogP contribution < -0.4 is 0 Å². The Bertz CT molecular complexity index is 346. The van der Waals surface area contributed by atoms with Crippen LogP contribution in [-0.2, 0) is 11.3 Å². The van der Waals surface area contributed by atoms with Gasteiger partial charge in [-0.15, -0.1) is 11.3 Å². The normalized spacial score (nSPS) is 9.88. The summed E-state index contributed by atoms with van der Waals surface area (Å²) >= 11 is 1.63. The van der Waals surface area contributed by atoms with E-state index in [1.807, 2.05) is 12.1 Å². The number of aliphatic hydroxyl groups is 1. The summed E-state index contributed by atoms with van der Waals surface area (Å²) in [4.78, 5) is 2.18. The lowest BCUT2D eigenvalue weighted by molar-refractivity contribution is 0.119. The van der Waals surface area contributed by atoms with Crippen molar-refractivity contribution in [2.45, 2.75) is 32.8 Å². The second-order valence-electron chi connectivity index (χ2n) is 3.49. The maximum absolute atomic E-state index is 8.56. The van der Waals surface area contributed by atoms with Gasteiger partial charge in [0.1, 0.15) is 6.61 Å². The van der Waals surface area contributed by atoms with Gasteiger partial charge in [-0.1, -0.05) is 31.6 Å². The summed E-state index contributed by atoms with van der Waals surface area (Å²) in [5.41, 5.74) is 0. The molecular weight excluding hydrogens is 220 g/mol. The number of hydrogen-bond donors (Lipinski definition) is 1. The first-order valence-electron chi connectivity index (χ1n) is 5.63. The van der Waals surface area contributed by atoms with E-state index in [1.54, 1.807) is 11.3 Å². The zero-order valence-corrected chi connectivity index (χ0v) is 10.5. The van der Waals surface area contributed by atoms with E-state index in [4.69, 9.17) is 9.84 Å². The second kappa shape index (κ2) is 8.35. The molecule has 0 aliphatic carbocycles. The second-order valence-corrected chi connectivity index (χ2v) is 4.65. The van der Waals surface area contributed by atoms with E-state index in [1.165, 1.54) is 17.7 Å².